The van der Waals surface area contributed by atoms with Crippen LogP contribution in [0.1, 0.15) is 12.5 Å². The number of nitrogens with one attached hydrogen (secondary N) is 1. The third kappa shape index (κ3) is 3.53. The van der Waals surface area contributed by atoms with Crippen molar-refractivity contribution in [3.8, 4) is 0 Å². The number of urea groups is 1. The lowest BCUT2D eigenvalue weighted by Gasteiger charge is -2.23. The monoisotopic (exact) mass is 326 g/mol. The van der Waals surface area contributed by atoms with Crippen LogP contribution in [0.15, 0.2) is 53.7 Å². The number of hydrogen-bond acceptors (Lipinski definition) is 4. The van der Waals surface area contributed by atoms with E-state index in [2.05, 4.69) is 22.2 Å². The van der Waals surface area contributed by atoms with Gasteiger partial charge in [-0.3, -0.25) is 4.99 Å². The van der Waals surface area contributed by atoms with Crippen LogP contribution in [-0.4, -0.2) is 28.0 Å². The van der Waals surface area contributed by atoms with E-state index in [1.165, 1.54) is 0 Å². The Morgan fingerprint density at radius 3 is 2.70 bits per heavy atom. The molecule has 0 radical (unpaired) electrons. The van der Waals surface area contributed by atoms with Gasteiger partial charge in [0.1, 0.15) is 5.82 Å². The number of aliphatic imine (C=N–C) groups is 1. The number of carbonyl (C=O) groups is 1. The highest BCUT2D eigenvalue weighted by Crippen LogP contribution is 2.28. The lowest BCUT2D eigenvalue weighted by molar-refractivity contribution is 0.259. The zero-order valence-corrected chi connectivity index (χ0v) is 13.9. The van der Waals surface area contributed by atoms with Crippen molar-refractivity contribution in [1.82, 2.24) is 4.98 Å². The van der Waals surface area contributed by atoms with Gasteiger partial charge in [-0.05, 0) is 30.7 Å². The molecule has 1 aromatic carbocycles. The number of pyridine rings is 1. The number of aryl methyl sites for hydroxylation is 1. The maximum absolute atomic E-state index is 12.8. The van der Waals surface area contributed by atoms with Crippen molar-refractivity contribution >= 4 is 34.5 Å². The molecule has 2 amide bonds. The van der Waals surface area contributed by atoms with Gasteiger partial charge in [0.2, 0.25) is 0 Å². The molecule has 1 aliphatic rings. The summed E-state index contributed by atoms with van der Waals surface area (Å²) >= 11 is 1.59. The van der Waals surface area contributed by atoms with Gasteiger partial charge in [0.15, 0.2) is 5.17 Å². The van der Waals surface area contributed by atoms with Crippen LogP contribution in [0.4, 0.5) is 16.3 Å². The first-order chi connectivity index (χ1) is 11.1. The summed E-state index contributed by atoms with van der Waals surface area (Å²) in [6.45, 7) is 4.75. The molecule has 0 saturated carbocycles. The smallest absolute Gasteiger partial charge is 0.307 e. The fourth-order valence-corrected chi connectivity index (χ4v) is 3.20. The second-order valence-electron chi connectivity index (χ2n) is 5.33. The summed E-state index contributed by atoms with van der Waals surface area (Å²) in [5.74, 6) is 0.612. The Morgan fingerprint density at radius 1 is 1.26 bits per heavy atom. The molecule has 0 bridgehead atoms. The Morgan fingerprint density at radius 2 is 2.04 bits per heavy atom. The Labute approximate surface area is 139 Å². The molecule has 1 aliphatic heterocycles. The summed E-state index contributed by atoms with van der Waals surface area (Å²) < 4.78 is 0. The number of amides is 2. The van der Waals surface area contributed by atoms with Gasteiger partial charge in [-0.2, -0.15) is 0 Å². The van der Waals surface area contributed by atoms with Gasteiger partial charge in [-0.15, -0.1) is 0 Å². The second kappa shape index (κ2) is 6.83. The van der Waals surface area contributed by atoms with E-state index in [9.17, 15) is 4.79 Å². The largest absolute Gasteiger partial charge is 0.333 e. The van der Waals surface area contributed by atoms with Crippen LogP contribution in [0.5, 0.6) is 0 Å². The third-order valence-corrected chi connectivity index (χ3v) is 4.48. The number of hydrogen-bond donors (Lipinski definition) is 1. The van der Waals surface area contributed by atoms with Crippen molar-refractivity contribution in [3.05, 3.63) is 54.2 Å². The van der Waals surface area contributed by atoms with Gasteiger partial charge in [0.25, 0.3) is 0 Å². The summed E-state index contributed by atoms with van der Waals surface area (Å²) in [6.07, 6.45) is 1.69. The summed E-state index contributed by atoms with van der Waals surface area (Å²) in [5, 5.41) is 3.96. The summed E-state index contributed by atoms with van der Waals surface area (Å²) in [5.41, 5.74) is 1.67. The highest BCUT2D eigenvalue weighted by molar-refractivity contribution is 8.15. The van der Waals surface area contributed by atoms with Crippen molar-refractivity contribution in [1.29, 1.82) is 0 Å². The average molecular weight is 326 g/mol. The number of nitrogens with zero attached hydrogens (tertiary/aromatic N) is 3. The summed E-state index contributed by atoms with van der Waals surface area (Å²) in [4.78, 5) is 23.3. The Hall–Kier alpha value is -2.34. The van der Waals surface area contributed by atoms with E-state index in [0.717, 1.165) is 11.3 Å². The fourth-order valence-electron chi connectivity index (χ4n) is 2.27. The molecule has 2 heterocycles. The number of anilines is 2. The van der Waals surface area contributed by atoms with E-state index >= 15 is 0 Å². The van der Waals surface area contributed by atoms with Gasteiger partial charge in [-0.1, -0.05) is 43.0 Å². The number of benzene rings is 1. The number of aromatic nitrogens is 1. The van der Waals surface area contributed by atoms with E-state index in [4.69, 9.17) is 0 Å². The summed E-state index contributed by atoms with van der Waals surface area (Å²) in [7, 11) is 0. The van der Waals surface area contributed by atoms with E-state index in [0.29, 0.717) is 22.8 Å². The molecular formula is C17H18N4OS. The molecule has 0 spiro atoms. The SMILES string of the molecule is Cc1cccnc1N(C(=O)Nc1ccccc1)C1=NCC(C)S1. The minimum absolute atomic E-state index is 0.252. The van der Waals surface area contributed by atoms with Crippen LogP contribution in [0.3, 0.4) is 0 Å². The maximum Gasteiger partial charge on any atom is 0.333 e. The molecule has 1 atom stereocenters. The number of rotatable bonds is 2. The van der Waals surface area contributed by atoms with Crippen LogP contribution in [0, 0.1) is 6.92 Å². The zero-order valence-electron chi connectivity index (χ0n) is 13.1. The normalized spacial score (nSPS) is 16.8. The van der Waals surface area contributed by atoms with Gasteiger partial charge in [0, 0.05) is 17.1 Å². The molecule has 2 aromatic rings. The summed E-state index contributed by atoms with van der Waals surface area (Å²) in [6, 6.07) is 12.9. The molecule has 118 valence electrons. The van der Waals surface area contributed by atoms with E-state index in [-0.39, 0.29) is 6.03 Å². The van der Waals surface area contributed by atoms with Gasteiger partial charge < -0.3 is 5.32 Å². The average Bonchev–Trinajstić information content (AvgIpc) is 2.96. The third-order valence-electron chi connectivity index (χ3n) is 3.40. The fraction of sp³-hybridized carbons (Fsp3) is 0.235. The molecule has 1 aromatic heterocycles. The predicted molar refractivity (Wildman–Crippen MR) is 96.3 cm³/mol. The second-order valence-corrected chi connectivity index (χ2v) is 6.73. The molecule has 1 unspecified atom stereocenters. The number of amidine groups is 1. The van der Waals surface area contributed by atoms with Crippen molar-refractivity contribution in [2.45, 2.75) is 19.1 Å². The van der Waals surface area contributed by atoms with Gasteiger partial charge >= 0.3 is 6.03 Å². The quantitative estimate of drug-likeness (QED) is 0.910. The Balaban J connectivity index is 1.92. The van der Waals surface area contributed by atoms with Crippen LogP contribution in [0.2, 0.25) is 0 Å². The Kier molecular flexibility index (Phi) is 4.62. The lowest BCUT2D eigenvalue weighted by Crippen LogP contribution is -2.39. The van der Waals surface area contributed by atoms with Crippen LogP contribution in [0.25, 0.3) is 0 Å². The number of carbonyl (C=O) groups excluding carboxylic acids is 1. The number of thioether (sulfide) groups is 1. The van der Waals surface area contributed by atoms with Crippen molar-refractivity contribution in [2.24, 2.45) is 4.99 Å². The van der Waals surface area contributed by atoms with E-state index in [1.807, 2.05) is 49.4 Å². The predicted octanol–water partition coefficient (Wildman–Crippen LogP) is 3.92. The highest BCUT2D eigenvalue weighted by atomic mass is 32.2. The first-order valence-corrected chi connectivity index (χ1v) is 8.32. The van der Waals surface area contributed by atoms with E-state index in [1.54, 1.807) is 22.9 Å². The highest BCUT2D eigenvalue weighted by Gasteiger charge is 2.29. The van der Waals surface area contributed by atoms with Gasteiger partial charge in [0.05, 0.1) is 6.54 Å². The van der Waals surface area contributed by atoms with E-state index < -0.39 is 0 Å². The molecule has 6 heteroatoms. The van der Waals surface area contributed by atoms with Crippen LogP contribution < -0.4 is 10.2 Å². The van der Waals surface area contributed by atoms with Crippen molar-refractivity contribution < 1.29 is 4.79 Å². The molecule has 0 fully saturated rings. The topological polar surface area (TPSA) is 57.6 Å². The van der Waals surface area contributed by atoms with Crippen LogP contribution >= 0.6 is 11.8 Å². The molecular weight excluding hydrogens is 308 g/mol. The zero-order chi connectivity index (χ0) is 16.2. The standard InChI is InChI=1S/C17H18N4OS/c1-12-7-6-10-18-15(12)21(17-19-11-13(2)23-17)16(22)20-14-8-4-3-5-9-14/h3-10,13H,11H2,1-2H3,(H,20,22). The van der Waals surface area contributed by atoms with Crippen molar-refractivity contribution in [2.75, 3.05) is 16.8 Å². The minimum Gasteiger partial charge on any atom is -0.307 e. The van der Waals surface area contributed by atoms with Crippen LogP contribution in [-0.2, 0) is 0 Å². The Bertz CT molecular complexity index is 732. The van der Waals surface area contributed by atoms with Gasteiger partial charge in [-0.25, -0.2) is 14.7 Å². The van der Waals surface area contributed by atoms with Crippen molar-refractivity contribution in [3.63, 3.8) is 0 Å². The molecule has 5 nitrogen and oxygen atoms in total. The minimum atomic E-state index is -0.252. The lowest BCUT2D eigenvalue weighted by atomic mass is 10.3. The molecule has 23 heavy (non-hydrogen) atoms. The first kappa shape index (κ1) is 15.6. The maximum atomic E-state index is 12.8. The molecule has 0 aliphatic carbocycles. The molecule has 1 N–H and O–H groups in total. The molecule has 3 rings (SSSR count). The molecule has 0 saturated heterocycles. The first-order valence-electron chi connectivity index (χ1n) is 7.44. The number of para-hydroxylation sites is 1.